The molecule has 0 aliphatic carbocycles. The summed E-state index contributed by atoms with van der Waals surface area (Å²) in [6.07, 6.45) is 0. The summed E-state index contributed by atoms with van der Waals surface area (Å²) in [7, 11) is 2.74. The highest BCUT2D eigenvalue weighted by Crippen LogP contribution is 2.36. The first-order chi connectivity index (χ1) is 9.59. The number of benzene rings is 2. The second-order valence-electron chi connectivity index (χ2n) is 5.56. The van der Waals surface area contributed by atoms with Crippen LogP contribution in [0.25, 0.3) is 22.0 Å². The number of hydrogen-bond donors (Lipinski definition) is 0. The van der Waals surface area contributed by atoms with E-state index in [0.29, 0.717) is 6.04 Å². The maximum atomic E-state index is 2.74. The molecule has 1 atom stereocenters. The normalized spacial score (nSPS) is 11.4. The highest BCUT2D eigenvalue weighted by atomic mass is 31.0. The predicted octanol–water partition coefficient (Wildman–Crippen LogP) is 4.70. The van der Waals surface area contributed by atoms with Crippen molar-refractivity contribution in [3.05, 3.63) is 54.2 Å². The summed E-state index contributed by atoms with van der Waals surface area (Å²) >= 11 is 0. The summed E-state index contributed by atoms with van der Waals surface area (Å²) in [4.78, 5) is 0. The van der Waals surface area contributed by atoms with Crippen LogP contribution in [-0.2, 0) is 0 Å². The molecule has 1 heterocycles. The Morgan fingerprint density at radius 1 is 0.950 bits per heavy atom. The van der Waals surface area contributed by atoms with Crippen LogP contribution >= 0.6 is 9.24 Å². The molecule has 0 amide bonds. The molecule has 0 bridgehead atoms. The molecule has 20 heavy (non-hydrogen) atoms. The van der Waals surface area contributed by atoms with Crippen LogP contribution in [0.1, 0.15) is 25.6 Å². The average Bonchev–Trinajstić information content (AvgIpc) is 2.72. The second-order valence-corrected chi connectivity index (χ2v) is 6.23. The Morgan fingerprint density at radius 3 is 2.25 bits per heavy atom. The van der Waals surface area contributed by atoms with Gasteiger partial charge in [0.05, 0.1) is 0 Å². The monoisotopic (exact) mass is 281 g/mol. The van der Waals surface area contributed by atoms with Crippen molar-refractivity contribution >= 4 is 25.4 Å². The average molecular weight is 281 g/mol. The van der Waals surface area contributed by atoms with Gasteiger partial charge < -0.3 is 4.57 Å². The van der Waals surface area contributed by atoms with Crippen molar-refractivity contribution in [3.8, 4) is 11.1 Å². The van der Waals surface area contributed by atoms with Crippen molar-refractivity contribution in [2.75, 3.05) is 0 Å². The number of fused-ring (bicyclic) bond motifs is 1. The van der Waals surface area contributed by atoms with Crippen molar-refractivity contribution in [1.29, 1.82) is 0 Å². The van der Waals surface area contributed by atoms with Crippen LogP contribution in [0, 0.1) is 6.92 Å². The first kappa shape index (κ1) is 13.4. The van der Waals surface area contributed by atoms with E-state index in [-0.39, 0.29) is 0 Å². The van der Waals surface area contributed by atoms with Gasteiger partial charge in [-0.15, -0.1) is 9.24 Å². The van der Waals surface area contributed by atoms with E-state index in [1.54, 1.807) is 0 Å². The van der Waals surface area contributed by atoms with Gasteiger partial charge in [-0.2, -0.15) is 0 Å². The van der Waals surface area contributed by atoms with Crippen molar-refractivity contribution in [2.45, 2.75) is 26.8 Å². The van der Waals surface area contributed by atoms with Gasteiger partial charge in [0.25, 0.3) is 0 Å². The smallest absolute Gasteiger partial charge is 0.0491 e. The van der Waals surface area contributed by atoms with Crippen LogP contribution in [-0.4, -0.2) is 4.57 Å². The lowest BCUT2D eigenvalue weighted by atomic mass is 10.0. The van der Waals surface area contributed by atoms with E-state index >= 15 is 0 Å². The quantitative estimate of drug-likeness (QED) is 0.600. The Morgan fingerprint density at radius 2 is 1.60 bits per heavy atom. The topological polar surface area (TPSA) is 4.93 Å². The minimum absolute atomic E-state index is 0.467. The summed E-state index contributed by atoms with van der Waals surface area (Å²) in [6, 6.07) is 17.9. The van der Waals surface area contributed by atoms with Crippen molar-refractivity contribution < 1.29 is 0 Å². The fourth-order valence-corrected chi connectivity index (χ4v) is 3.26. The minimum Gasteiger partial charge on any atom is -0.342 e. The van der Waals surface area contributed by atoms with Crippen LogP contribution in [0.4, 0.5) is 0 Å². The van der Waals surface area contributed by atoms with E-state index in [1.807, 2.05) is 0 Å². The summed E-state index contributed by atoms with van der Waals surface area (Å²) in [5, 5.41) is 2.56. The van der Waals surface area contributed by atoms with Gasteiger partial charge in [0.15, 0.2) is 0 Å². The first-order valence-corrected chi connectivity index (χ1v) is 7.62. The molecule has 1 unspecified atom stereocenters. The molecule has 1 aromatic heterocycles. The van der Waals surface area contributed by atoms with Gasteiger partial charge in [-0.1, -0.05) is 42.5 Å². The molecule has 0 N–H and O–H groups in total. The molecule has 0 saturated carbocycles. The standard InChI is InChI=1S/C18H20NP/c1-12(2)19-13(3)18(14-8-10-15(20)11-9-14)16-6-4-5-7-17(16)19/h4-12H,20H2,1-3H3. The van der Waals surface area contributed by atoms with Gasteiger partial charge in [0.1, 0.15) is 0 Å². The number of rotatable bonds is 2. The fourth-order valence-electron chi connectivity index (χ4n) is 3.07. The third-order valence-corrected chi connectivity index (χ3v) is 4.26. The molecular weight excluding hydrogens is 261 g/mol. The van der Waals surface area contributed by atoms with E-state index in [1.165, 1.54) is 33.0 Å². The third-order valence-electron chi connectivity index (χ3n) is 3.87. The number of hydrogen-bond acceptors (Lipinski definition) is 0. The molecule has 1 nitrogen and oxygen atoms in total. The van der Waals surface area contributed by atoms with Crippen LogP contribution in [0.5, 0.6) is 0 Å². The number of para-hydroxylation sites is 1. The van der Waals surface area contributed by atoms with E-state index in [9.17, 15) is 0 Å². The van der Waals surface area contributed by atoms with E-state index in [2.05, 4.69) is 83.1 Å². The largest absolute Gasteiger partial charge is 0.342 e. The molecule has 102 valence electrons. The predicted molar refractivity (Wildman–Crippen MR) is 91.8 cm³/mol. The zero-order valence-electron chi connectivity index (χ0n) is 12.2. The zero-order valence-corrected chi connectivity index (χ0v) is 13.4. The lowest BCUT2D eigenvalue weighted by Gasteiger charge is -2.12. The molecule has 0 aliphatic heterocycles. The highest BCUT2D eigenvalue weighted by molar-refractivity contribution is 7.27. The molecular formula is C18H20NP. The van der Waals surface area contributed by atoms with Crippen LogP contribution in [0.3, 0.4) is 0 Å². The van der Waals surface area contributed by atoms with Crippen molar-refractivity contribution in [3.63, 3.8) is 0 Å². The van der Waals surface area contributed by atoms with E-state index in [0.717, 1.165) is 0 Å². The Balaban J connectivity index is 2.35. The molecule has 0 aliphatic rings. The molecule has 3 aromatic rings. The van der Waals surface area contributed by atoms with Gasteiger partial charge in [0.2, 0.25) is 0 Å². The molecule has 2 heteroatoms. The second kappa shape index (κ2) is 5.07. The molecule has 0 spiro atoms. The SMILES string of the molecule is Cc1c(-c2ccc(P)cc2)c2ccccc2n1C(C)C. The van der Waals surface area contributed by atoms with Gasteiger partial charge in [-0.25, -0.2) is 0 Å². The summed E-state index contributed by atoms with van der Waals surface area (Å²) in [5.41, 5.74) is 5.33. The summed E-state index contributed by atoms with van der Waals surface area (Å²) in [6.45, 7) is 6.72. The van der Waals surface area contributed by atoms with Gasteiger partial charge in [0, 0.05) is 28.2 Å². The lowest BCUT2D eigenvalue weighted by Crippen LogP contribution is -2.02. The zero-order chi connectivity index (χ0) is 14.3. The Labute approximate surface area is 122 Å². The van der Waals surface area contributed by atoms with Gasteiger partial charge in [-0.05, 0) is 37.7 Å². The van der Waals surface area contributed by atoms with Gasteiger partial charge in [-0.3, -0.25) is 0 Å². The van der Waals surface area contributed by atoms with Crippen molar-refractivity contribution in [1.82, 2.24) is 4.57 Å². The Hall–Kier alpha value is -1.59. The maximum absolute atomic E-state index is 2.74. The van der Waals surface area contributed by atoms with E-state index < -0.39 is 0 Å². The Bertz CT molecular complexity index is 751. The molecule has 0 fully saturated rings. The van der Waals surface area contributed by atoms with E-state index in [4.69, 9.17) is 0 Å². The number of aromatic nitrogens is 1. The first-order valence-electron chi connectivity index (χ1n) is 7.05. The highest BCUT2D eigenvalue weighted by Gasteiger charge is 2.16. The molecule has 0 radical (unpaired) electrons. The summed E-state index contributed by atoms with van der Waals surface area (Å²) < 4.78 is 2.43. The van der Waals surface area contributed by atoms with Crippen molar-refractivity contribution in [2.24, 2.45) is 0 Å². The number of nitrogens with zero attached hydrogens (tertiary/aromatic N) is 1. The van der Waals surface area contributed by atoms with Crippen LogP contribution in [0.2, 0.25) is 0 Å². The van der Waals surface area contributed by atoms with Crippen LogP contribution in [0.15, 0.2) is 48.5 Å². The maximum Gasteiger partial charge on any atom is 0.0491 e. The third kappa shape index (κ3) is 2.07. The van der Waals surface area contributed by atoms with Crippen LogP contribution < -0.4 is 5.30 Å². The lowest BCUT2D eigenvalue weighted by molar-refractivity contribution is 0.608. The minimum atomic E-state index is 0.467. The molecule has 3 rings (SSSR count). The fraction of sp³-hybridized carbons (Fsp3) is 0.222. The molecule has 0 saturated heterocycles. The van der Waals surface area contributed by atoms with Gasteiger partial charge >= 0.3 is 0 Å². The Kier molecular flexibility index (Phi) is 3.40. The molecule has 2 aromatic carbocycles. The summed E-state index contributed by atoms with van der Waals surface area (Å²) in [5.74, 6) is 0.